The molecule has 2 aromatic rings. The Morgan fingerprint density at radius 2 is 2.04 bits per heavy atom. The second-order valence-corrected chi connectivity index (χ2v) is 5.89. The van der Waals surface area contributed by atoms with E-state index in [9.17, 15) is 8.78 Å². The van der Waals surface area contributed by atoms with Crippen LogP contribution in [0.25, 0.3) is 0 Å². The number of hydrogen-bond donors (Lipinski definition) is 2. The topological polar surface area (TPSA) is 62.5 Å². The first-order chi connectivity index (χ1) is 11.9. The highest BCUT2D eigenvalue weighted by atomic mass is 19.1. The van der Waals surface area contributed by atoms with Crippen molar-refractivity contribution in [3.63, 3.8) is 0 Å². The molecule has 0 aliphatic rings. The minimum Gasteiger partial charge on any atom is -0.444 e. The molecule has 136 valence electrons. The van der Waals surface area contributed by atoms with E-state index in [0.717, 1.165) is 17.5 Å². The van der Waals surface area contributed by atoms with Crippen molar-refractivity contribution >= 4 is 5.96 Å². The van der Waals surface area contributed by atoms with Crippen LogP contribution < -0.4 is 10.6 Å². The molecule has 1 aromatic heterocycles. The zero-order chi connectivity index (χ0) is 18.4. The molecule has 0 fully saturated rings. The minimum atomic E-state index is -0.576. The second kappa shape index (κ2) is 8.60. The van der Waals surface area contributed by atoms with E-state index >= 15 is 0 Å². The highest BCUT2D eigenvalue weighted by Gasteiger charge is 2.12. The lowest BCUT2D eigenvalue weighted by atomic mass is 10.0. The van der Waals surface area contributed by atoms with Gasteiger partial charge in [0.15, 0.2) is 5.96 Å². The molecule has 0 saturated heterocycles. The predicted octanol–water partition coefficient (Wildman–Crippen LogP) is 3.43. The average Bonchev–Trinajstić information content (AvgIpc) is 2.88. The molecule has 0 saturated carbocycles. The van der Waals surface area contributed by atoms with Gasteiger partial charge in [-0.15, -0.1) is 0 Å². The Morgan fingerprint density at radius 1 is 1.28 bits per heavy atom. The summed E-state index contributed by atoms with van der Waals surface area (Å²) in [6.07, 6.45) is 0. The van der Waals surface area contributed by atoms with Crippen LogP contribution in [0, 0.1) is 25.5 Å². The number of aliphatic imine (C=N–C) groups is 1. The van der Waals surface area contributed by atoms with Crippen LogP contribution in [0.5, 0.6) is 0 Å². The van der Waals surface area contributed by atoms with Gasteiger partial charge in [0.1, 0.15) is 23.9 Å². The standard InChI is InChI=1S/C18H24F2N4O/c1-5-21-18(23-10-17-24-12(3)13(4)25-17)22-9-11(2)15-7-6-14(19)8-16(15)20/h6-8,11H,5,9-10H2,1-4H3,(H2,21,22,23). The Morgan fingerprint density at radius 3 is 2.64 bits per heavy atom. The number of benzene rings is 1. The molecule has 5 nitrogen and oxygen atoms in total. The van der Waals surface area contributed by atoms with Gasteiger partial charge < -0.3 is 15.1 Å². The van der Waals surface area contributed by atoms with Gasteiger partial charge in [-0.2, -0.15) is 0 Å². The van der Waals surface area contributed by atoms with Crippen LogP contribution in [-0.4, -0.2) is 24.0 Å². The Kier molecular flexibility index (Phi) is 6.50. The number of aryl methyl sites for hydroxylation is 2. The summed E-state index contributed by atoms with van der Waals surface area (Å²) in [6, 6.07) is 3.64. The third kappa shape index (κ3) is 5.27. The van der Waals surface area contributed by atoms with Gasteiger partial charge in [-0.05, 0) is 32.4 Å². The third-order valence-corrected chi connectivity index (χ3v) is 3.86. The first kappa shape index (κ1) is 18.9. The Labute approximate surface area is 146 Å². The summed E-state index contributed by atoms with van der Waals surface area (Å²) in [4.78, 5) is 8.72. The molecule has 2 rings (SSSR count). The molecule has 0 aliphatic heterocycles. The molecular weight excluding hydrogens is 326 g/mol. The fraction of sp³-hybridized carbons (Fsp3) is 0.444. The van der Waals surface area contributed by atoms with Gasteiger partial charge in [0, 0.05) is 25.1 Å². The molecule has 0 radical (unpaired) electrons. The maximum atomic E-state index is 13.8. The molecule has 0 spiro atoms. The molecular formula is C18H24F2N4O. The van der Waals surface area contributed by atoms with Crippen molar-refractivity contribution in [2.75, 3.05) is 13.1 Å². The van der Waals surface area contributed by atoms with Crippen molar-refractivity contribution in [3.05, 3.63) is 52.7 Å². The van der Waals surface area contributed by atoms with Gasteiger partial charge >= 0.3 is 0 Å². The van der Waals surface area contributed by atoms with E-state index in [0.29, 0.717) is 37.0 Å². The lowest BCUT2D eigenvalue weighted by Crippen LogP contribution is -2.39. The van der Waals surface area contributed by atoms with E-state index in [4.69, 9.17) is 4.42 Å². The molecule has 1 aromatic carbocycles. The van der Waals surface area contributed by atoms with E-state index < -0.39 is 11.6 Å². The Hall–Kier alpha value is -2.44. The van der Waals surface area contributed by atoms with Crippen LogP contribution in [0.2, 0.25) is 0 Å². The van der Waals surface area contributed by atoms with E-state index in [1.54, 1.807) is 0 Å². The molecule has 1 atom stereocenters. The summed E-state index contributed by atoms with van der Waals surface area (Å²) >= 11 is 0. The van der Waals surface area contributed by atoms with Gasteiger partial charge in [0.2, 0.25) is 5.89 Å². The van der Waals surface area contributed by atoms with Gasteiger partial charge in [-0.1, -0.05) is 13.0 Å². The number of hydrogen-bond acceptors (Lipinski definition) is 3. The summed E-state index contributed by atoms with van der Waals surface area (Å²) in [5.74, 6) is 0.657. The number of oxazole rings is 1. The summed E-state index contributed by atoms with van der Waals surface area (Å²) in [5, 5.41) is 6.28. The summed E-state index contributed by atoms with van der Waals surface area (Å²) in [7, 11) is 0. The Bertz CT molecular complexity index is 723. The molecule has 2 N–H and O–H groups in total. The minimum absolute atomic E-state index is 0.143. The van der Waals surface area contributed by atoms with Gasteiger partial charge in [0.25, 0.3) is 0 Å². The fourth-order valence-electron chi connectivity index (χ4n) is 2.36. The normalized spacial score (nSPS) is 13.0. The van der Waals surface area contributed by atoms with E-state index in [1.165, 1.54) is 12.1 Å². The van der Waals surface area contributed by atoms with Crippen molar-refractivity contribution in [2.45, 2.75) is 40.2 Å². The van der Waals surface area contributed by atoms with Crippen molar-refractivity contribution in [3.8, 4) is 0 Å². The number of guanidine groups is 1. The lowest BCUT2D eigenvalue weighted by Gasteiger charge is -2.16. The van der Waals surface area contributed by atoms with Crippen molar-refractivity contribution in [1.82, 2.24) is 15.6 Å². The molecule has 0 amide bonds. The second-order valence-electron chi connectivity index (χ2n) is 5.89. The SMILES string of the molecule is CCNC(=NCc1nc(C)c(C)o1)NCC(C)c1ccc(F)cc1F. The molecule has 0 aliphatic carbocycles. The molecule has 1 unspecified atom stereocenters. The zero-order valence-corrected chi connectivity index (χ0v) is 15.0. The molecule has 1 heterocycles. The van der Waals surface area contributed by atoms with Gasteiger partial charge in [0.05, 0.1) is 5.69 Å². The number of aromatic nitrogens is 1. The van der Waals surface area contributed by atoms with Gasteiger partial charge in [-0.3, -0.25) is 0 Å². The fourth-order valence-corrected chi connectivity index (χ4v) is 2.36. The van der Waals surface area contributed by atoms with Crippen molar-refractivity contribution in [1.29, 1.82) is 0 Å². The quantitative estimate of drug-likeness (QED) is 0.619. The van der Waals surface area contributed by atoms with Crippen molar-refractivity contribution < 1.29 is 13.2 Å². The summed E-state index contributed by atoms with van der Waals surface area (Å²) < 4.78 is 32.4. The monoisotopic (exact) mass is 350 g/mol. The highest BCUT2D eigenvalue weighted by Crippen LogP contribution is 2.19. The maximum Gasteiger partial charge on any atom is 0.216 e. The number of halogens is 2. The van der Waals surface area contributed by atoms with Gasteiger partial charge in [-0.25, -0.2) is 18.8 Å². The number of rotatable bonds is 6. The average molecular weight is 350 g/mol. The van der Waals surface area contributed by atoms with E-state index in [2.05, 4.69) is 20.6 Å². The van der Waals surface area contributed by atoms with Crippen LogP contribution in [0.3, 0.4) is 0 Å². The first-order valence-electron chi connectivity index (χ1n) is 8.30. The number of nitrogens with zero attached hydrogens (tertiary/aromatic N) is 2. The maximum absolute atomic E-state index is 13.8. The number of nitrogens with one attached hydrogen (secondary N) is 2. The molecule has 25 heavy (non-hydrogen) atoms. The lowest BCUT2D eigenvalue weighted by molar-refractivity contribution is 0.472. The van der Waals surface area contributed by atoms with E-state index in [1.807, 2.05) is 27.7 Å². The van der Waals surface area contributed by atoms with E-state index in [-0.39, 0.29) is 5.92 Å². The highest BCUT2D eigenvalue weighted by molar-refractivity contribution is 5.79. The predicted molar refractivity (Wildman–Crippen MR) is 93.6 cm³/mol. The van der Waals surface area contributed by atoms with Crippen LogP contribution in [0.4, 0.5) is 8.78 Å². The smallest absolute Gasteiger partial charge is 0.216 e. The molecule has 0 bridgehead atoms. The zero-order valence-electron chi connectivity index (χ0n) is 15.0. The molecule has 7 heteroatoms. The van der Waals surface area contributed by atoms with Crippen LogP contribution in [0.15, 0.2) is 27.6 Å². The van der Waals surface area contributed by atoms with Crippen molar-refractivity contribution in [2.24, 2.45) is 4.99 Å². The van der Waals surface area contributed by atoms with Crippen LogP contribution in [0.1, 0.15) is 42.7 Å². The largest absolute Gasteiger partial charge is 0.444 e. The van der Waals surface area contributed by atoms with Crippen LogP contribution in [-0.2, 0) is 6.54 Å². The third-order valence-electron chi connectivity index (χ3n) is 3.86. The van der Waals surface area contributed by atoms with Crippen LogP contribution >= 0.6 is 0 Å². The Balaban J connectivity index is 1.99. The summed E-state index contributed by atoms with van der Waals surface area (Å²) in [6.45, 7) is 9.02. The first-order valence-corrected chi connectivity index (χ1v) is 8.30. The summed E-state index contributed by atoms with van der Waals surface area (Å²) in [5.41, 5.74) is 1.31.